The summed E-state index contributed by atoms with van der Waals surface area (Å²) in [5, 5.41) is 5.94. The molecule has 2 unspecified atom stereocenters. The van der Waals surface area contributed by atoms with E-state index in [1.165, 1.54) is 12.8 Å². The minimum atomic E-state index is -0.340. The molecule has 0 radical (unpaired) electrons. The largest absolute Gasteiger partial charge is 0.355 e. The van der Waals surface area contributed by atoms with Crippen molar-refractivity contribution < 1.29 is 9.59 Å². The Balaban J connectivity index is 2.41. The summed E-state index contributed by atoms with van der Waals surface area (Å²) >= 11 is 0. The summed E-state index contributed by atoms with van der Waals surface area (Å²) in [6.07, 6.45) is 5.51. The first-order valence-corrected chi connectivity index (χ1v) is 7.88. The molecule has 116 valence electrons. The van der Waals surface area contributed by atoms with Crippen LogP contribution in [0.15, 0.2) is 0 Å². The molecular weight excluding hydrogens is 254 g/mol. The second-order valence-electron chi connectivity index (χ2n) is 5.64. The van der Waals surface area contributed by atoms with E-state index < -0.39 is 0 Å². The smallest absolute Gasteiger partial charge is 0.239 e. The Kier molecular flexibility index (Phi) is 7.59. The van der Waals surface area contributed by atoms with Crippen molar-refractivity contribution >= 4 is 11.8 Å². The third-order valence-corrected chi connectivity index (χ3v) is 3.73. The zero-order chi connectivity index (χ0) is 15.0. The summed E-state index contributed by atoms with van der Waals surface area (Å²) in [6, 6.07) is -0.650. The molecule has 0 aromatic rings. The minimum Gasteiger partial charge on any atom is -0.355 e. The van der Waals surface area contributed by atoms with Crippen molar-refractivity contribution in [3.63, 3.8) is 0 Å². The highest BCUT2D eigenvalue weighted by Gasteiger charge is 2.24. The third-order valence-electron chi connectivity index (χ3n) is 3.73. The van der Waals surface area contributed by atoms with Gasteiger partial charge in [0.05, 0.1) is 12.1 Å². The summed E-state index contributed by atoms with van der Waals surface area (Å²) in [4.78, 5) is 26.1. The molecule has 0 bridgehead atoms. The van der Waals surface area contributed by atoms with Crippen LogP contribution in [0.3, 0.4) is 0 Å². The molecule has 0 aromatic carbocycles. The van der Waals surface area contributed by atoms with Gasteiger partial charge in [-0.1, -0.05) is 19.8 Å². The molecule has 1 fully saturated rings. The van der Waals surface area contributed by atoms with Gasteiger partial charge in [-0.3, -0.25) is 14.9 Å². The maximum atomic E-state index is 12.4. The molecule has 1 heterocycles. The highest BCUT2D eigenvalue weighted by atomic mass is 16.2. The van der Waals surface area contributed by atoms with E-state index in [2.05, 4.69) is 10.6 Å². The number of hydrogen-bond donors (Lipinski definition) is 2. The van der Waals surface area contributed by atoms with Gasteiger partial charge in [-0.25, -0.2) is 0 Å². The van der Waals surface area contributed by atoms with Gasteiger partial charge in [0.2, 0.25) is 11.8 Å². The van der Waals surface area contributed by atoms with Crippen molar-refractivity contribution in [3.05, 3.63) is 0 Å². The van der Waals surface area contributed by atoms with Crippen molar-refractivity contribution in [1.82, 2.24) is 15.5 Å². The van der Waals surface area contributed by atoms with E-state index in [9.17, 15) is 9.59 Å². The van der Waals surface area contributed by atoms with E-state index in [-0.39, 0.29) is 23.9 Å². The molecule has 5 heteroatoms. The zero-order valence-corrected chi connectivity index (χ0v) is 13.1. The SMILES string of the molecule is CCCNC(=O)C(C)NC(C)C(=O)N1CCCCCC1. The summed E-state index contributed by atoms with van der Waals surface area (Å²) in [5.74, 6) is 0.0735. The molecule has 0 aromatic heterocycles. The van der Waals surface area contributed by atoms with Crippen LogP contribution in [0.1, 0.15) is 52.9 Å². The highest BCUT2D eigenvalue weighted by Crippen LogP contribution is 2.10. The Morgan fingerprint density at radius 2 is 1.65 bits per heavy atom. The molecule has 20 heavy (non-hydrogen) atoms. The van der Waals surface area contributed by atoms with Crippen molar-refractivity contribution in [2.24, 2.45) is 0 Å². The molecule has 2 amide bonds. The van der Waals surface area contributed by atoms with Crippen LogP contribution in [-0.2, 0) is 9.59 Å². The lowest BCUT2D eigenvalue weighted by atomic mass is 10.2. The summed E-state index contributed by atoms with van der Waals surface area (Å²) in [6.45, 7) is 8.04. The molecular formula is C15H29N3O2. The molecule has 5 nitrogen and oxygen atoms in total. The van der Waals surface area contributed by atoms with Crippen molar-refractivity contribution in [1.29, 1.82) is 0 Å². The number of carbonyl (C=O) groups is 2. The molecule has 1 aliphatic heterocycles. The van der Waals surface area contributed by atoms with Crippen molar-refractivity contribution in [2.75, 3.05) is 19.6 Å². The van der Waals surface area contributed by atoms with Crippen LogP contribution in [0.2, 0.25) is 0 Å². The maximum Gasteiger partial charge on any atom is 0.239 e. The predicted molar refractivity (Wildman–Crippen MR) is 80.4 cm³/mol. The first-order valence-electron chi connectivity index (χ1n) is 7.88. The number of carbonyl (C=O) groups excluding carboxylic acids is 2. The van der Waals surface area contributed by atoms with Crippen molar-refractivity contribution in [3.8, 4) is 0 Å². The molecule has 1 saturated heterocycles. The highest BCUT2D eigenvalue weighted by molar-refractivity contribution is 5.84. The average Bonchev–Trinajstić information content (AvgIpc) is 2.72. The Morgan fingerprint density at radius 1 is 1.05 bits per heavy atom. The Labute approximate surface area is 122 Å². The average molecular weight is 283 g/mol. The lowest BCUT2D eigenvalue weighted by molar-refractivity contribution is -0.133. The van der Waals surface area contributed by atoms with E-state index in [0.717, 1.165) is 32.4 Å². The number of likely N-dealkylation sites (tertiary alicyclic amines) is 1. The number of amides is 2. The normalized spacial score (nSPS) is 19.1. The maximum absolute atomic E-state index is 12.4. The van der Waals surface area contributed by atoms with Gasteiger partial charge in [-0.2, -0.15) is 0 Å². The van der Waals surface area contributed by atoms with Gasteiger partial charge in [0.15, 0.2) is 0 Å². The van der Waals surface area contributed by atoms with Gasteiger partial charge in [-0.15, -0.1) is 0 Å². The van der Waals surface area contributed by atoms with E-state index in [1.807, 2.05) is 18.7 Å². The summed E-state index contributed by atoms with van der Waals surface area (Å²) < 4.78 is 0. The molecule has 1 rings (SSSR count). The fourth-order valence-corrected chi connectivity index (χ4v) is 2.49. The molecule has 0 saturated carbocycles. The van der Waals surface area contributed by atoms with Crippen molar-refractivity contribution in [2.45, 2.75) is 65.0 Å². The topological polar surface area (TPSA) is 61.4 Å². The number of nitrogens with one attached hydrogen (secondary N) is 2. The number of hydrogen-bond acceptors (Lipinski definition) is 3. The van der Waals surface area contributed by atoms with E-state index >= 15 is 0 Å². The monoisotopic (exact) mass is 283 g/mol. The molecule has 0 spiro atoms. The van der Waals surface area contributed by atoms with Crippen LogP contribution in [0.25, 0.3) is 0 Å². The summed E-state index contributed by atoms with van der Waals surface area (Å²) in [7, 11) is 0. The number of rotatable bonds is 6. The number of nitrogens with zero attached hydrogens (tertiary/aromatic N) is 1. The second-order valence-corrected chi connectivity index (χ2v) is 5.64. The predicted octanol–water partition coefficient (Wildman–Crippen LogP) is 1.28. The third kappa shape index (κ3) is 5.49. The molecule has 0 aliphatic carbocycles. The van der Waals surface area contributed by atoms with Crippen LogP contribution in [0.5, 0.6) is 0 Å². The van der Waals surface area contributed by atoms with Crippen LogP contribution in [-0.4, -0.2) is 48.4 Å². The first-order chi connectivity index (χ1) is 9.56. The van der Waals surface area contributed by atoms with Crippen LogP contribution < -0.4 is 10.6 Å². The Morgan fingerprint density at radius 3 is 2.20 bits per heavy atom. The van der Waals surface area contributed by atoms with E-state index in [4.69, 9.17) is 0 Å². The van der Waals surface area contributed by atoms with Crippen LogP contribution in [0.4, 0.5) is 0 Å². The van der Waals surface area contributed by atoms with Gasteiger partial charge >= 0.3 is 0 Å². The standard InChI is InChI=1S/C15H29N3O2/c1-4-9-16-14(19)12(2)17-13(3)15(20)18-10-7-5-6-8-11-18/h12-13,17H,4-11H2,1-3H3,(H,16,19). The van der Waals surface area contributed by atoms with Crippen LogP contribution >= 0.6 is 0 Å². The van der Waals surface area contributed by atoms with E-state index in [0.29, 0.717) is 6.54 Å². The minimum absolute atomic E-state index is 0.0395. The van der Waals surface area contributed by atoms with Gasteiger partial charge in [0, 0.05) is 19.6 Å². The summed E-state index contributed by atoms with van der Waals surface area (Å²) in [5.41, 5.74) is 0. The van der Waals surface area contributed by atoms with Gasteiger partial charge in [-0.05, 0) is 33.1 Å². The van der Waals surface area contributed by atoms with E-state index in [1.54, 1.807) is 6.92 Å². The molecule has 2 N–H and O–H groups in total. The second kappa shape index (κ2) is 8.95. The van der Waals surface area contributed by atoms with Gasteiger partial charge < -0.3 is 10.2 Å². The fraction of sp³-hybridized carbons (Fsp3) is 0.867. The van der Waals surface area contributed by atoms with Gasteiger partial charge in [0.1, 0.15) is 0 Å². The Bertz CT molecular complexity index is 312. The first kappa shape index (κ1) is 17.0. The molecule has 2 atom stereocenters. The van der Waals surface area contributed by atoms with Gasteiger partial charge in [0.25, 0.3) is 0 Å². The zero-order valence-electron chi connectivity index (χ0n) is 13.1. The lowest BCUT2D eigenvalue weighted by Crippen LogP contribution is -2.52. The quantitative estimate of drug-likeness (QED) is 0.772. The lowest BCUT2D eigenvalue weighted by Gasteiger charge is -2.26. The molecule has 1 aliphatic rings. The Hall–Kier alpha value is -1.10. The van der Waals surface area contributed by atoms with Crippen LogP contribution in [0, 0.1) is 0 Å². The fourth-order valence-electron chi connectivity index (χ4n) is 2.49.